The fourth-order valence-electron chi connectivity index (χ4n) is 4.02. The average molecular weight is 431 g/mol. The van der Waals surface area contributed by atoms with E-state index in [9.17, 15) is 14.0 Å². The van der Waals surface area contributed by atoms with E-state index < -0.39 is 11.9 Å². The maximum absolute atomic E-state index is 14.3. The van der Waals surface area contributed by atoms with Crippen LogP contribution in [-0.4, -0.2) is 28.8 Å². The molecule has 0 unspecified atom stereocenters. The van der Waals surface area contributed by atoms with Gasteiger partial charge < -0.3 is 10.2 Å². The zero-order valence-electron chi connectivity index (χ0n) is 17.2. The van der Waals surface area contributed by atoms with Gasteiger partial charge in [0.25, 0.3) is 0 Å². The first-order valence-corrected chi connectivity index (χ1v) is 10.9. The highest BCUT2D eigenvalue weighted by molar-refractivity contribution is 6.31. The largest absolute Gasteiger partial charge is 0.352 e. The van der Waals surface area contributed by atoms with Crippen LogP contribution in [0.15, 0.2) is 48.5 Å². The van der Waals surface area contributed by atoms with Crippen LogP contribution < -0.4 is 5.32 Å². The molecule has 30 heavy (non-hydrogen) atoms. The van der Waals surface area contributed by atoms with Gasteiger partial charge in [0.2, 0.25) is 11.8 Å². The van der Waals surface area contributed by atoms with Gasteiger partial charge in [-0.25, -0.2) is 4.39 Å². The topological polar surface area (TPSA) is 49.4 Å². The van der Waals surface area contributed by atoms with Gasteiger partial charge in [-0.1, -0.05) is 67.8 Å². The molecule has 0 heterocycles. The van der Waals surface area contributed by atoms with E-state index in [1.807, 2.05) is 37.3 Å². The van der Waals surface area contributed by atoms with E-state index in [2.05, 4.69) is 5.32 Å². The lowest BCUT2D eigenvalue weighted by atomic mass is 10.1. The SMILES string of the molecule is CC[C@@H](C(=O)NC1CCCC1)N(Cc1ccccc1)C(=O)Cc1c(F)cccc1Cl. The molecule has 3 rings (SSSR count). The van der Waals surface area contributed by atoms with E-state index in [-0.39, 0.29) is 41.4 Å². The number of halogens is 2. The molecule has 2 aromatic carbocycles. The smallest absolute Gasteiger partial charge is 0.243 e. The number of amides is 2. The van der Waals surface area contributed by atoms with E-state index in [1.165, 1.54) is 12.1 Å². The molecule has 0 bridgehead atoms. The molecular formula is C24H28ClFN2O2. The van der Waals surface area contributed by atoms with Crippen molar-refractivity contribution in [3.05, 3.63) is 70.5 Å². The standard InChI is InChI=1S/C24H28ClFN2O2/c1-2-22(24(30)27-18-11-6-7-12-18)28(16-17-9-4-3-5-10-17)23(29)15-19-20(25)13-8-14-21(19)26/h3-5,8-10,13-14,18,22H,2,6-7,11-12,15-16H2,1H3,(H,27,30)/t22-/m0/s1. The summed E-state index contributed by atoms with van der Waals surface area (Å²) >= 11 is 6.14. The molecule has 2 aromatic rings. The number of hydrogen-bond donors (Lipinski definition) is 1. The Morgan fingerprint density at radius 3 is 2.47 bits per heavy atom. The highest BCUT2D eigenvalue weighted by Crippen LogP contribution is 2.23. The summed E-state index contributed by atoms with van der Waals surface area (Å²) in [6.07, 6.45) is 4.45. The summed E-state index contributed by atoms with van der Waals surface area (Å²) in [5.74, 6) is -0.980. The molecule has 1 atom stereocenters. The Labute approximate surface area is 182 Å². The van der Waals surface area contributed by atoms with Gasteiger partial charge in [0.15, 0.2) is 0 Å². The van der Waals surface area contributed by atoms with Crippen LogP contribution in [0.4, 0.5) is 4.39 Å². The Morgan fingerprint density at radius 1 is 1.13 bits per heavy atom. The van der Waals surface area contributed by atoms with Gasteiger partial charge in [-0.05, 0) is 37.0 Å². The lowest BCUT2D eigenvalue weighted by molar-refractivity contribution is -0.141. The van der Waals surface area contributed by atoms with Gasteiger partial charge in [0, 0.05) is 23.2 Å². The van der Waals surface area contributed by atoms with Crippen molar-refractivity contribution in [1.29, 1.82) is 0 Å². The second-order valence-electron chi connectivity index (χ2n) is 7.80. The number of hydrogen-bond acceptors (Lipinski definition) is 2. The summed E-state index contributed by atoms with van der Waals surface area (Å²) in [6, 6.07) is 13.4. The first-order valence-electron chi connectivity index (χ1n) is 10.6. The Morgan fingerprint density at radius 2 is 1.83 bits per heavy atom. The molecule has 1 saturated carbocycles. The zero-order valence-corrected chi connectivity index (χ0v) is 18.0. The Balaban J connectivity index is 1.84. The van der Waals surface area contributed by atoms with Crippen LogP contribution in [0.1, 0.15) is 50.2 Å². The molecule has 0 radical (unpaired) electrons. The first-order chi connectivity index (χ1) is 14.5. The number of rotatable bonds is 8. The van der Waals surface area contributed by atoms with E-state index in [4.69, 9.17) is 11.6 Å². The van der Waals surface area contributed by atoms with Crippen LogP contribution in [0.25, 0.3) is 0 Å². The minimum Gasteiger partial charge on any atom is -0.352 e. The summed E-state index contributed by atoms with van der Waals surface area (Å²) in [5, 5.41) is 3.32. The van der Waals surface area contributed by atoms with Crippen LogP contribution >= 0.6 is 11.6 Å². The zero-order chi connectivity index (χ0) is 21.5. The third-order valence-electron chi connectivity index (χ3n) is 5.67. The van der Waals surface area contributed by atoms with Crippen molar-refractivity contribution in [1.82, 2.24) is 10.2 Å². The van der Waals surface area contributed by atoms with Gasteiger partial charge in [-0.15, -0.1) is 0 Å². The van der Waals surface area contributed by atoms with Crippen molar-refractivity contribution in [2.75, 3.05) is 0 Å². The lowest BCUT2D eigenvalue weighted by Gasteiger charge is -2.31. The minimum atomic E-state index is -0.621. The monoisotopic (exact) mass is 430 g/mol. The van der Waals surface area contributed by atoms with Crippen molar-refractivity contribution < 1.29 is 14.0 Å². The molecule has 0 spiro atoms. The molecular weight excluding hydrogens is 403 g/mol. The number of nitrogens with one attached hydrogen (secondary N) is 1. The lowest BCUT2D eigenvalue weighted by Crippen LogP contribution is -2.51. The first kappa shape index (κ1) is 22.3. The Bertz CT molecular complexity index is 849. The molecule has 0 aliphatic heterocycles. The Hall–Kier alpha value is -2.40. The van der Waals surface area contributed by atoms with E-state index in [0.717, 1.165) is 31.2 Å². The summed E-state index contributed by atoms with van der Waals surface area (Å²) in [5.41, 5.74) is 1.07. The predicted octanol–water partition coefficient (Wildman–Crippen LogP) is 4.89. The third kappa shape index (κ3) is 5.60. The Kier molecular flexibility index (Phi) is 7.86. The fourth-order valence-corrected chi connectivity index (χ4v) is 4.25. The molecule has 2 amide bonds. The normalized spacial score (nSPS) is 15.0. The fraction of sp³-hybridized carbons (Fsp3) is 0.417. The molecule has 4 nitrogen and oxygen atoms in total. The molecule has 1 N–H and O–H groups in total. The maximum Gasteiger partial charge on any atom is 0.243 e. The molecule has 0 aromatic heterocycles. The number of benzene rings is 2. The van der Waals surface area contributed by atoms with Crippen LogP contribution in [0.2, 0.25) is 5.02 Å². The maximum atomic E-state index is 14.3. The highest BCUT2D eigenvalue weighted by atomic mass is 35.5. The second-order valence-corrected chi connectivity index (χ2v) is 8.21. The van der Waals surface area contributed by atoms with Crippen molar-refractivity contribution in [2.24, 2.45) is 0 Å². The molecule has 160 valence electrons. The van der Waals surface area contributed by atoms with Gasteiger partial charge in [0.05, 0.1) is 6.42 Å². The predicted molar refractivity (Wildman–Crippen MR) is 117 cm³/mol. The molecule has 1 aliphatic carbocycles. The van der Waals surface area contributed by atoms with E-state index in [0.29, 0.717) is 6.42 Å². The number of carbonyl (C=O) groups excluding carboxylic acids is 2. The number of nitrogens with zero attached hydrogens (tertiary/aromatic N) is 1. The summed E-state index contributed by atoms with van der Waals surface area (Å²) in [6.45, 7) is 2.17. The summed E-state index contributed by atoms with van der Waals surface area (Å²) in [4.78, 5) is 27.9. The van der Waals surface area contributed by atoms with E-state index >= 15 is 0 Å². The summed E-state index contributed by atoms with van der Waals surface area (Å²) in [7, 11) is 0. The van der Waals surface area contributed by atoms with Crippen LogP contribution in [-0.2, 0) is 22.6 Å². The van der Waals surface area contributed by atoms with Crippen LogP contribution in [0, 0.1) is 5.82 Å². The van der Waals surface area contributed by atoms with Crippen molar-refractivity contribution in [3.63, 3.8) is 0 Å². The summed E-state index contributed by atoms with van der Waals surface area (Å²) < 4.78 is 14.3. The third-order valence-corrected chi connectivity index (χ3v) is 6.03. The van der Waals surface area contributed by atoms with Crippen LogP contribution in [0.5, 0.6) is 0 Å². The van der Waals surface area contributed by atoms with Gasteiger partial charge >= 0.3 is 0 Å². The number of carbonyl (C=O) groups is 2. The molecule has 1 fully saturated rings. The van der Waals surface area contributed by atoms with Gasteiger partial charge in [-0.3, -0.25) is 9.59 Å². The molecule has 0 saturated heterocycles. The van der Waals surface area contributed by atoms with Gasteiger partial charge in [-0.2, -0.15) is 0 Å². The quantitative estimate of drug-likeness (QED) is 0.648. The van der Waals surface area contributed by atoms with Crippen LogP contribution in [0.3, 0.4) is 0 Å². The minimum absolute atomic E-state index is 0.145. The average Bonchev–Trinajstić information content (AvgIpc) is 3.24. The second kappa shape index (κ2) is 10.6. The van der Waals surface area contributed by atoms with Crippen molar-refractivity contribution in [2.45, 2.75) is 64.1 Å². The highest BCUT2D eigenvalue weighted by Gasteiger charge is 2.31. The van der Waals surface area contributed by atoms with Crippen molar-refractivity contribution in [3.8, 4) is 0 Å². The molecule has 1 aliphatic rings. The molecule has 6 heteroatoms. The van der Waals surface area contributed by atoms with Gasteiger partial charge in [0.1, 0.15) is 11.9 Å². The van der Waals surface area contributed by atoms with E-state index in [1.54, 1.807) is 11.0 Å². The van der Waals surface area contributed by atoms with Crippen molar-refractivity contribution >= 4 is 23.4 Å².